The van der Waals surface area contributed by atoms with Crippen LogP contribution in [0.15, 0.2) is 11.6 Å². The smallest absolute Gasteiger partial charge is 0.155 e. The van der Waals surface area contributed by atoms with Gasteiger partial charge < -0.3 is 10.2 Å². The zero-order valence-electron chi connectivity index (χ0n) is 16.2. The lowest BCUT2D eigenvalue weighted by molar-refractivity contribution is -0.145. The van der Waals surface area contributed by atoms with Crippen molar-refractivity contribution in [3.05, 3.63) is 11.6 Å². The molecule has 0 aromatic rings. The van der Waals surface area contributed by atoms with Crippen molar-refractivity contribution in [2.45, 2.75) is 78.4 Å². The third-order valence-electron chi connectivity index (χ3n) is 8.87. The highest BCUT2D eigenvalue weighted by Crippen LogP contribution is 2.67. The highest BCUT2D eigenvalue weighted by atomic mass is 16.3. The second-order valence-electron chi connectivity index (χ2n) is 10.1. The molecule has 0 bridgehead atoms. The second-order valence-corrected chi connectivity index (χ2v) is 10.1. The monoisotopic (exact) mass is 346 g/mol. The van der Waals surface area contributed by atoms with Gasteiger partial charge >= 0.3 is 0 Å². The van der Waals surface area contributed by atoms with Gasteiger partial charge in [-0.15, -0.1) is 0 Å². The minimum absolute atomic E-state index is 0.0279. The highest BCUT2D eigenvalue weighted by Gasteiger charge is 2.63. The Morgan fingerprint density at radius 2 is 2.00 bits per heavy atom. The summed E-state index contributed by atoms with van der Waals surface area (Å²) in [4.78, 5) is 12.0. The van der Waals surface area contributed by atoms with E-state index in [1.165, 1.54) is 12.0 Å². The van der Waals surface area contributed by atoms with Gasteiger partial charge in [0.05, 0.1) is 12.2 Å². The van der Waals surface area contributed by atoms with E-state index in [0.717, 1.165) is 25.7 Å². The summed E-state index contributed by atoms with van der Waals surface area (Å²) in [6, 6.07) is 0. The van der Waals surface area contributed by atoms with Gasteiger partial charge in [-0.3, -0.25) is 4.79 Å². The number of aliphatic hydroxyl groups is 2. The van der Waals surface area contributed by atoms with Gasteiger partial charge in [0.15, 0.2) is 5.78 Å². The van der Waals surface area contributed by atoms with Crippen molar-refractivity contribution in [1.82, 2.24) is 0 Å². The van der Waals surface area contributed by atoms with Crippen molar-refractivity contribution in [3.8, 4) is 0 Å². The molecule has 4 aliphatic rings. The largest absolute Gasteiger partial charge is 0.393 e. The van der Waals surface area contributed by atoms with Crippen LogP contribution in [-0.4, -0.2) is 28.2 Å². The van der Waals surface area contributed by atoms with E-state index in [-0.39, 0.29) is 34.7 Å². The molecule has 0 amide bonds. The zero-order valence-corrected chi connectivity index (χ0v) is 16.2. The number of hydrogen-bond acceptors (Lipinski definition) is 3. The number of carbonyl (C=O) groups excluding carboxylic acids is 1. The van der Waals surface area contributed by atoms with Gasteiger partial charge in [0, 0.05) is 6.42 Å². The molecule has 0 heterocycles. The van der Waals surface area contributed by atoms with E-state index in [1.807, 2.05) is 13.0 Å². The van der Waals surface area contributed by atoms with E-state index in [1.54, 1.807) is 0 Å². The van der Waals surface area contributed by atoms with Crippen LogP contribution in [0.2, 0.25) is 0 Å². The predicted molar refractivity (Wildman–Crippen MR) is 97.8 cm³/mol. The maximum atomic E-state index is 12.0. The van der Waals surface area contributed by atoms with Gasteiger partial charge in [-0.05, 0) is 85.5 Å². The van der Waals surface area contributed by atoms with E-state index in [2.05, 4.69) is 20.8 Å². The van der Waals surface area contributed by atoms with Crippen molar-refractivity contribution in [2.75, 3.05) is 0 Å². The van der Waals surface area contributed by atoms with Gasteiger partial charge in [-0.25, -0.2) is 0 Å². The van der Waals surface area contributed by atoms with Crippen LogP contribution in [0.5, 0.6) is 0 Å². The Labute approximate surface area is 151 Å². The molecular formula is C22H34O3. The molecule has 0 spiro atoms. The first-order chi connectivity index (χ1) is 11.7. The molecule has 4 rings (SSSR count). The number of ketones is 1. The summed E-state index contributed by atoms with van der Waals surface area (Å²) < 4.78 is 0. The molecule has 0 radical (unpaired) electrons. The summed E-state index contributed by atoms with van der Waals surface area (Å²) in [5, 5.41) is 21.6. The van der Waals surface area contributed by atoms with E-state index in [9.17, 15) is 15.0 Å². The SMILES string of the molecule is C[C@H]1C[C@@H]2[C@H]([C@H](O)C[C@]3(C)[C@@H]([C@@H](C)O)CC[C@@H]23)[C@@]2(C)CCC(=O)C=C12. The summed E-state index contributed by atoms with van der Waals surface area (Å²) in [5.41, 5.74) is 1.33. The maximum Gasteiger partial charge on any atom is 0.155 e. The summed E-state index contributed by atoms with van der Waals surface area (Å²) in [6.07, 6.45) is 6.98. The third-order valence-corrected chi connectivity index (χ3v) is 8.87. The van der Waals surface area contributed by atoms with Crippen LogP contribution < -0.4 is 0 Å². The van der Waals surface area contributed by atoms with Crippen LogP contribution in [0.1, 0.15) is 66.2 Å². The Bertz CT molecular complexity index is 608. The van der Waals surface area contributed by atoms with Crippen molar-refractivity contribution < 1.29 is 15.0 Å². The number of rotatable bonds is 1. The van der Waals surface area contributed by atoms with E-state index >= 15 is 0 Å². The lowest BCUT2D eigenvalue weighted by Gasteiger charge is -2.61. The average molecular weight is 347 g/mol. The first-order valence-corrected chi connectivity index (χ1v) is 10.3. The van der Waals surface area contributed by atoms with Crippen molar-refractivity contribution in [2.24, 2.45) is 40.4 Å². The van der Waals surface area contributed by atoms with Crippen LogP contribution in [0.3, 0.4) is 0 Å². The molecule has 2 N–H and O–H groups in total. The van der Waals surface area contributed by atoms with E-state index in [0.29, 0.717) is 30.1 Å². The molecular weight excluding hydrogens is 312 g/mol. The molecule has 9 atom stereocenters. The molecule has 0 aromatic heterocycles. The lowest BCUT2D eigenvalue weighted by atomic mass is 9.44. The van der Waals surface area contributed by atoms with Gasteiger partial charge in [-0.1, -0.05) is 26.3 Å². The number of aliphatic hydroxyl groups excluding tert-OH is 2. The third kappa shape index (κ3) is 2.34. The van der Waals surface area contributed by atoms with Gasteiger partial charge in [0.2, 0.25) is 0 Å². The van der Waals surface area contributed by atoms with Crippen LogP contribution in [-0.2, 0) is 4.79 Å². The molecule has 3 heteroatoms. The summed E-state index contributed by atoms with van der Waals surface area (Å²) in [7, 11) is 0. The molecule has 0 aliphatic heterocycles. The Morgan fingerprint density at radius 3 is 2.68 bits per heavy atom. The molecule has 0 unspecified atom stereocenters. The molecule has 0 aromatic carbocycles. The van der Waals surface area contributed by atoms with Crippen molar-refractivity contribution in [1.29, 1.82) is 0 Å². The number of fused-ring (bicyclic) bond motifs is 5. The quantitative estimate of drug-likeness (QED) is 0.760. The predicted octanol–water partition coefficient (Wildman–Crippen LogP) is 3.73. The van der Waals surface area contributed by atoms with Gasteiger partial charge in [0.25, 0.3) is 0 Å². The Morgan fingerprint density at radius 1 is 1.28 bits per heavy atom. The van der Waals surface area contributed by atoms with E-state index < -0.39 is 0 Å². The topological polar surface area (TPSA) is 57.5 Å². The maximum absolute atomic E-state index is 12.0. The summed E-state index contributed by atoms with van der Waals surface area (Å²) in [6.45, 7) is 8.84. The molecule has 3 nitrogen and oxygen atoms in total. The van der Waals surface area contributed by atoms with Crippen LogP contribution in [0.25, 0.3) is 0 Å². The van der Waals surface area contributed by atoms with Crippen LogP contribution in [0.4, 0.5) is 0 Å². The first kappa shape index (κ1) is 17.7. The second kappa shape index (κ2) is 5.66. The fraction of sp³-hybridized carbons (Fsp3) is 0.864. The van der Waals surface area contributed by atoms with Gasteiger partial charge in [0.1, 0.15) is 0 Å². The molecule has 3 fully saturated rings. The van der Waals surface area contributed by atoms with Crippen molar-refractivity contribution >= 4 is 5.78 Å². The Balaban J connectivity index is 1.75. The van der Waals surface area contributed by atoms with Gasteiger partial charge in [-0.2, -0.15) is 0 Å². The standard InChI is InChI=1S/C22H34O3/c1-12-9-15-17-6-5-16(13(2)23)22(17,4)11-19(25)20(15)21(3)8-7-14(24)10-18(12)21/h10,12-13,15-17,19-20,23,25H,5-9,11H2,1-4H3/t12-,13+,15-,16+,17-,19+,20+,21-,22+/m0/s1. The highest BCUT2D eigenvalue weighted by molar-refractivity contribution is 5.91. The Hall–Kier alpha value is -0.670. The molecule has 3 saturated carbocycles. The molecule has 140 valence electrons. The normalized spacial score (nSPS) is 53.5. The zero-order chi connectivity index (χ0) is 18.1. The number of allylic oxidation sites excluding steroid dienone is 1. The van der Waals surface area contributed by atoms with Crippen LogP contribution >= 0.6 is 0 Å². The fourth-order valence-electron chi connectivity index (χ4n) is 7.95. The summed E-state index contributed by atoms with van der Waals surface area (Å²) in [5.74, 6) is 2.38. The number of hydrogen-bond donors (Lipinski definition) is 2. The molecule has 0 saturated heterocycles. The lowest BCUT2D eigenvalue weighted by Crippen LogP contribution is -2.58. The Kier molecular flexibility index (Phi) is 4.01. The average Bonchev–Trinajstić information content (AvgIpc) is 2.85. The summed E-state index contributed by atoms with van der Waals surface area (Å²) >= 11 is 0. The molecule has 25 heavy (non-hydrogen) atoms. The van der Waals surface area contributed by atoms with E-state index in [4.69, 9.17) is 0 Å². The minimum atomic E-state index is -0.320. The van der Waals surface area contributed by atoms with Crippen LogP contribution in [0, 0.1) is 40.4 Å². The minimum Gasteiger partial charge on any atom is -0.393 e. The number of carbonyl (C=O) groups is 1. The fourth-order valence-corrected chi connectivity index (χ4v) is 7.95. The molecule has 4 aliphatic carbocycles. The first-order valence-electron chi connectivity index (χ1n) is 10.3. The van der Waals surface area contributed by atoms with Crippen molar-refractivity contribution in [3.63, 3.8) is 0 Å².